The highest BCUT2D eigenvalue weighted by molar-refractivity contribution is 9.11. The summed E-state index contributed by atoms with van der Waals surface area (Å²) in [5.41, 5.74) is 6.21. The summed E-state index contributed by atoms with van der Waals surface area (Å²) in [4.78, 5) is 12.2. The number of ether oxygens (including phenoxy) is 1. The van der Waals surface area contributed by atoms with Crippen LogP contribution < -0.4 is 15.8 Å². The molecule has 2 rings (SSSR count). The first-order chi connectivity index (χ1) is 12.8. The predicted molar refractivity (Wildman–Crippen MR) is 97.2 cm³/mol. The molecule has 0 aliphatic rings. The van der Waals surface area contributed by atoms with Crippen molar-refractivity contribution in [2.24, 2.45) is 0 Å². The van der Waals surface area contributed by atoms with Gasteiger partial charge in [-0.05, 0) is 62.2 Å². The molecule has 28 heavy (non-hydrogen) atoms. The number of halogens is 8. The molecule has 0 radical (unpaired) electrons. The Morgan fingerprint density at radius 3 is 2.14 bits per heavy atom. The van der Waals surface area contributed by atoms with Crippen LogP contribution in [0.5, 0.6) is 5.75 Å². The minimum absolute atomic E-state index is 0.00709. The van der Waals surface area contributed by atoms with E-state index in [4.69, 9.17) is 5.73 Å². The topological polar surface area (TPSA) is 64.4 Å². The van der Waals surface area contributed by atoms with Gasteiger partial charge in [-0.15, -0.1) is 0 Å². The van der Waals surface area contributed by atoms with Crippen LogP contribution in [0, 0.1) is 0 Å². The number of amides is 1. The number of benzene rings is 2. The van der Waals surface area contributed by atoms with Crippen LogP contribution in [0.4, 0.5) is 37.7 Å². The maximum atomic E-state index is 13.4. The van der Waals surface area contributed by atoms with E-state index in [0.29, 0.717) is 5.69 Å². The fourth-order valence-electron chi connectivity index (χ4n) is 1.99. The van der Waals surface area contributed by atoms with Crippen molar-refractivity contribution >= 4 is 49.1 Å². The standard InChI is InChI=1S/C16H10Br2F6N2O2/c17-10-5-9(28-16(23,24)14(19)15(20,21)22)6-11(18)12(10)26-13(27)7-2-1-3-8(25)4-7/h1-6,14H,25H2,(H,26,27). The molecular formula is C16H10Br2F6N2O2. The summed E-state index contributed by atoms with van der Waals surface area (Å²) in [6.45, 7) is 0. The molecule has 0 fully saturated rings. The SMILES string of the molecule is Nc1cccc(C(=O)Nc2c(Br)cc(OC(F)(F)C(F)C(F)(F)F)cc2Br)c1. The van der Waals surface area contributed by atoms with Crippen LogP contribution in [0.15, 0.2) is 45.3 Å². The van der Waals surface area contributed by atoms with Crippen molar-refractivity contribution in [3.8, 4) is 5.75 Å². The van der Waals surface area contributed by atoms with Crippen LogP contribution in [0.1, 0.15) is 10.4 Å². The molecule has 0 aliphatic heterocycles. The lowest BCUT2D eigenvalue weighted by molar-refractivity contribution is -0.305. The molecule has 3 N–H and O–H groups in total. The van der Waals surface area contributed by atoms with Crippen molar-refractivity contribution in [3.63, 3.8) is 0 Å². The smallest absolute Gasteiger partial charge is 0.430 e. The molecule has 2 aromatic carbocycles. The lowest BCUT2D eigenvalue weighted by Crippen LogP contribution is -2.45. The number of carbonyl (C=O) groups excluding carboxylic acids is 1. The maximum Gasteiger partial charge on any atom is 0.439 e. The number of nitrogens with one attached hydrogen (secondary N) is 1. The average molecular weight is 536 g/mol. The number of alkyl halides is 6. The van der Waals surface area contributed by atoms with E-state index in [1.807, 2.05) is 0 Å². The van der Waals surface area contributed by atoms with Crippen molar-refractivity contribution in [2.75, 3.05) is 11.1 Å². The van der Waals surface area contributed by atoms with Gasteiger partial charge in [0, 0.05) is 20.2 Å². The van der Waals surface area contributed by atoms with Crippen molar-refractivity contribution < 1.29 is 35.9 Å². The van der Waals surface area contributed by atoms with Gasteiger partial charge in [-0.1, -0.05) is 6.07 Å². The molecule has 0 spiro atoms. The summed E-state index contributed by atoms with van der Waals surface area (Å²) in [5, 5.41) is 2.47. The molecule has 1 amide bonds. The zero-order chi connectivity index (χ0) is 21.3. The molecule has 12 heteroatoms. The first kappa shape index (κ1) is 22.3. The second-order valence-electron chi connectivity index (χ2n) is 5.41. The molecule has 4 nitrogen and oxygen atoms in total. The highest BCUT2D eigenvalue weighted by Crippen LogP contribution is 2.40. The van der Waals surface area contributed by atoms with E-state index in [1.165, 1.54) is 12.1 Å². The number of carbonyl (C=O) groups is 1. The van der Waals surface area contributed by atoms with Gasteiger partial charge < -0.3 is 15.8 Å². The summed E-state index contributed by atoms with van der Waals surface area (Å²) in [6.07, 6.45) is -15.5. The quantitative estimate of drug-likeness (QED) is 0.369. The number of nitrogens with two attached hydrogens (primary N) is 1. The Bertz CT molecular complexity index is 869. The van der Waals surface area contributed by atoms with E-state index >= 15 is 0 Å². The second kappa shape index (κ2) is 8.19. The Labute approximate surface area is 171 Å². The Kier molecular flexibility index (Phi) is 6.54. The lowest BCUT2D eigenvalue weighted by atomic mass is 10.2. The molecule has 152 valence electrons. The molecule has 0 bridgehead atoms. The summed E-state index contributed by atoms with van der Waals surface area (Å²) >= 11 is 5.97. The molecule has 1 atom stereocenters. The van der Waals surface area contributed by atoms with E-state index in [-0.39, 0.29) is 20.2 Å². The van der Waals surface area contributed by atoms with Crippen molar-refractivity contribution in [1.82, 2.24) is 0 Å². The summed E-state index contributed by atoms with van der Waals surface area (Å²) in [7, 11) is 0. The highest BCUT2D eigenvalue weighted by atomic mass is 79.9. The monoisotopic (exact) mass is 534 g/mol. The van der Waals surface area contributed by atoms with Gasteiger partial charge in [-0.3, -0.25) is 4.79 Å². The number of nitrogen functional groups attached to an aromatic ring is 1. The van der Waals surface area contributed by atoms with Crippen molar-refractivity contribution in [1.29, 1.82) is 0 Å². The normalized spacial score (nSPS) is 13.1. The van der Waals surface area contributed by atoms with Gasteiger partial charge in [0.25, 0.3) is 12.1 Å². The number of anilines is 2. The minimum Gasteiger partial charge on any atom is -0.430 e. The van der Waals surface area contributed by atoms with Crippen molar-refractivity contribution in [2.45, 2.75) is 18.5 Å². The molecule has 0 aliphatic carbocycles. The number of rotatable bonds is 5. The number of hydrogen-bond acceptors (Lipinski definition) is 3. The fourth-order valence-corrected chi connectivity index (χ4v) is 3.34. The second-order valence-corrected chi connectivity index (χ2v) is 7.12. The van der Waals surface area contributed by atoms with E-state index in [0.717, 1.165) is 12.1 Å². The molecule has 0 saturated heterocycles. The molecule has 0 aromatic heterocycles. The molecule has 0 saturated carbocycles. The Morgan fingerprint density at radius 2 is 1.64 bits per heavy atom. The Balaban J connectivity index is 2.24. The lowest BCUT2D eigenvalue weighted by Gasteiger charge is -2.23. The fraction of sp³-hybridized carbons (Fsp3) is 0.188. The van der Waals surface area contributed by atoms with Crippen LogP contribution in [0.2, 0.25) is 0 Å². The van der Waals surface area contributed by atoms with E-state index in [2.05, 4.69) is 41.9 Å². The van der Waals surface area contributed by atoms with Crippen LogP contribution in [-0.4, -0.2) is 24.4 Å². The van der Waals surface area contributed by atoms with Gasteiger partial charge >= 0.3 is 12.3 Å². The van der Waals surface area contributed by atoms with E-state index < -0.39 is 30.1 Å². The summed E-state index contributed by atoms with van der Waals surface area (Å²) in [6, 6.07) is 7.70. The molecule has 1 unspecified atom stereocenters. The van der Waals surface area contributed by atoms with E-state index in [1.54, 1.807) is 12.1 Å². The summed E-state index contributed by atoms with van der Waals surface area (Å²) < 4.78 is 80.2. The van der Waals surface area contributed by atoms with Crippen LogP contribution >= 0.6 is 31.9 Å². The van der Waals surface area contributed by atoms with Crippen LogP contribution in [-0.2, 0) is 0 Å². The molecular weight excluding hydrogens is 526 g/mol. The number of hydrogen-bond donors (Lipinski definition) is 2. The van der Waals surface area contributed by atoms with Gasteiger partial charge in [0.1, 0.15) is 5.75 Å². The van der Waals surface area contributed by atoms with E-state index in [9.17, 15) is 31.1 Å². The first-order valence-corrected chi connectivity index (χ1v) is 8.83. The van der Waals surface area contributed by atoms with Crippen LogP contribution in [0.3, 0.4) is 0 Å². The molecule has 0 heterocycles. The van der Waals surface area contributed by atoms with Gasteiger partial charge in [-0.2, -0.15) is 22.0 Å². The Hall–Kier alpha value is -1.95. The van der Waals surface area contributed by atoms with Gasteiger partial charge in [0.15, 0.2) is 0 Å². The zero-order valence-corrected chi connectivity index (χ0v) is 16.6. The van der Waals surface area contributed by atoms with Gasteiger partial charge in [0.05, 0.1) is 5.69 Å². The zero-order valence-electron chi connectivity index (χ0n) is 13.5. The third-order valence-corrected chi connectivity index (χ3v) is 4.49. The van der Waals surface area contributed by atoms with Gasteiger partial charge in [-0.25, -0.2) is 4.39 Å². The largest absolute Gasteiger partial charge is 0.439 e. The molecule has 2 aromatic rings. The summed E-state index contributed by atoms with van der Waals surface area (Å²) in [5.74, 6) is -1.36. The Morgan fingerprint density at radius 1 is 1.07 bits per heavy atom. The van der Waals surface area contributed by atoms with Crippen molar-refractivity contribution in [3.05, 3.63) is 50.9 Å². The third kappa shape index (κ3) is 5.31. The predicted octanol–water partition coefficient (Wildman–Crippen LogP) is 5.92. The highest BCUT2D eigenvalue weighted by Gasteiger charge is 2.59. The third-order valence-electron chi connectivity index (χ3n) is 3.24. The van der Waals surface area contributed by atoms with Gasteiger partial charge in [0.2, 0.25) is 0 Å². The maximum absolute atomic E-state index is 13.4. The minimum atomic E-state index is -5.80. The average Bonchev–Trinajstić information content (AvgIpc) is 2.56. The first-order valence-electron chi connectivity index (χ1n) is 7.25. The van der Waals surface area contributed by atoms with Crippen LogP contribution in [0.25, 0.3) is 0 Å².